The van der Waals surface area contributed by atoms with Gasteiger partial charge in [0.15, 0.2) is 11.0 Å². The highest BCUT2D eigenvalue weighted by molar-refractivity contribution is 7.98. The fraction of sp³-hybridized carbons (Fsp3) is 0.583. The second-order valence-corrected chi connectivity index (χ2v) is 5.00. The summed E-state index contributed by atoms with van der Waals surface area (Å²) in [6.07, 6.45) is 6.60. The number of aliphatic hydroxyl groups is 1. The lowest BCUT2D eigenvalue weighted by molar-refractivity contribution is 0.239. The average Bonchev–Trinajstić information content (AvgIpc) is 2.46. The van der Waals surface area contributed by atoms with Gasteiger partial charge in [0.2, 0.25) is 0 Å². The predicted molar refractivity (Wildman–Crippen MR) is 70.6 cm³/mol. The molecule has 0 aromatic carbocycles. The van der Waals surface area contributed by atoms with E-state index in [1.165, 1.54) is 11.8 Å². The largest absolute Gasteiger partial charge is 0.394 e. The van der Waals surface area contributed by atoms with Crippen molar-refractivity contribution in [3.8, 4) is 6.07 Å². The Morgan fingerprint density at radius 3 is 3.11 bits per heavy atom. The molecular formula is C12H16N4OS. The van der Waals surface area contributed by atoms with E-state index >= 15 is 0 Å². The number of aliphatic hydroxyl groups excluding tert-OH is 1. The Bertz CT molecular complexity index is 460. The second-order valence-electron chi connectivity index (χ2n) is 4.23. The van der Waals surface area contributed by atoms with E-state index in [0.29, 0.717) is 16.5 Å². The van der Waals surface area contributed by atoms with Crippen LogP contribution < -0.4 is 4.90 Å². The predicted octanol–water partition coefficient (Wildman–Crippen LogP) is 1.42. The number of hydrogen-bond acceptors (Lipinski definition) is 6. The van der Waals surface area contributed by atoms with E-state index in [9.17, 15) is 5.11 Å². The molecule has 6 heteroatoms. The van der Waals surface area contributed by atoms with Gasteiger partial charge >= 0.3 is 0 Å². The first-order valence-electron chi connectivity index (χ1n) is 5.98. The summed E-state index contributed by atoms with van der Waals surface area (Å²) in [7, 11) is 0. The molecule has 2 rings (SSSR count). The van der Waals surface area contributed by atoms with Crippen molar-refractivity contribution in [1.82, 2.24) is 9.97 Å². The van der Waals surface area contributed by atoms with Crippen molar-refractivity contribution >= 4 is 17.6 Å². The summed E-state index contributed by atoms with van der Waals surface area (Å²) in [4.78, 5) is 10.6. The Balaban J connectivity index is 2.38. The molecule has 96 valence electrons. The molecule has 18 heavy (non-hydrogen) atoms. The molecular weight excluding hydrogens is 248 g/mol. The summed E-state index contributed by atoms with van der Waals surface area (Å²) in [5.74, 6) is 0.663. The average molecular weight is 264 g/mol. The van der Waals surface area contributed by atoms with Gasteiger partial charge in [-0.3, -0.25) is 0 Å². The summed E-state index contributed by atoms with van der Waals surface area (Å²) >= 11 is 1.45. The molecule has 1 fully saturated rings. The van der Waals surface area contributed by atoms with Gasteiger partial charge in [0.1, 0.15) is 11.6 Å². The fourth-order valence-corrected chi connectivity index (χ4v) is 2.56. The molecule has 0 radical (unpaired) electrons. The summed E-state index contributed by atoms with van der Waals surface area (Å²) in [5.41, 5.74) is 0.480. The number of thioether (sulfide) groups is 1. The summed E-state index contributed by atoms with van der Waals surface area (Å²) in [5, 5.41) is 19.2. The zero-order chi connectivity index (χ0) is 13.0. The maximum atomic E-state index is 9.44. The SMILES string of the molecule is CSc1ncc(C#N)c(N2CCCCC2CO)n1. The van der Waals surface area contributed by atoms with E-state index in [1.54, 1.807) is 6.20 Å². The molecule has 0 saturated carbocycles. The first kappa shape index (κ1) is 13.1. The number of piperidine rings is 1. The second kappa shape index (κ2) is 6.03. The molecule has 0 bridgehead atoms. The van der Waals surface area contributed by atoms with Crippen molar-refractivity contribution in [1.29, 1.82) is 5.26 Å². The van der Waals surface area contributed by atoms with Crippen LogP contribution in [0.5, 0.6) is 0 Å². The van der Waals surface area contributed by atoms with E-state index in [1.807, 2.05) is 11.2 Å². The number of aromatic nitrogens is 2. The lowest BCUT2D eigenvalue weighted by atomic mass is 10.0. The van der Waals surface area contributed by atoms with Crippen molar-refractivity contribution in [2.75, 3.05) is 24.3 Å². The van der Waals surface area contributed by atoms with Crippen LogP contribution in [0.15, 0.2) is 11.4 Å². The third kappa shape index (κ3) is 2.57. The third-order valence-corrected chi connectivity index (χ3v) is 3.72. The van der Waals surface area contributed by atoms with Crippen LogP contribution in [0.2, 0.25) is 0 Å². The van der Waals surface area contributed by atoms with Gasteiger partial charge in [-0.2, -0.15) is 5.26 Å². The number of rotatable bonds is 3. The van der Waals surface area contributed by atoms with Crippen LogP contribution in [0.25, 0.3) is 0 Å². The number of anilines is 1. The van der Waals surface area contributed by atoms with E-state index in [-0.39, 0.29) is 12.6 Å². The Hall–Kier alpha value is -1.32. The van der Waals surface area contributed by atoms with E-state index in [0.717, 1.165) is 25.8 Å². The molecule has 1 aliphatic rings. The lowest BCUT2D eigenvalue weighted by Crippen LogP contribution is -2.42. The van der Waals surface area contributed by atoms with Crippen LogP contribution in [0.4, 0.5) is 5.82 Å². The third-order valence-electron chi connectivity index (χ3n) is 3.16. The Morgan fingerprint density at radius 2 is 2.44 bits per heavy atom. The Kier molecular flexibility index (Phi) is 4.39. The van der Waals surface area contributed by atoms with Crippen LogP contribution in [0.3, 0.4) is 0 Å². The van der Waals surface area contributed by atoms with Gasteiger partial charge in [0.05, 0.1) is 18.8 Å². The van der Waals surface area contributed by atoms with Gasteiger partial charge in [-0.05, 0) is 25.5 Å². The minimum atomic E-state index is 0.0652. The van der Waals surface area contributed by atoms with Crippen LogP contribution in [-0.4, -0.2) is 40.5 Å². The standard InChI is InChI=1S/C12H16N4OS/c1-18-12-14-7-9(6-13)11(15-12)16-5-3-2-4-10(16)8-17/h7,10,17H,2-5,8H2,1H3. The molecule has 1 aliphatic heterocycles. The molecule has 1 atom stereocenters. The highest BCUT2D eigenvalue weighted by Crippen LogP contribution is 2.26. The molecule has 0 amide bonds. The first-order valence-corrected chi connectivity index (χ1v) is 7.21. The molecule has 0 aliphatic carbocycles. The molecule has 1 N–H and O–H groups in total. The number of nitrogens with zero attached hydrogens (tertiary/aromatic N) is 4. The molecule has 5 nitrogen and oxygen atoms in total. The van der Waals surface area contributed by atoms with Gasteiger partial charge in [-0.15, -0.1) is 0 Å². The number of nitriles is 1. The topological polar surface area (TPSA) is 73.0 Å². The van der Waals surface area contributed by atoms with Crippen LogP contribution in [0.1, 0.15) is 24.8 Å². The molecule has 1 aromatic rings. The minimum absolute atomic E-state index is 0.0652. The van der Waals surface area contributed by atoms with E-state index < -0.39 is 0 Å². The van der Waals surface area contributed by atoms with Crippen molar-refractivity contribution in [2.24, 2.45) is 0 Å². The normalized spacial score (nSPS) is 19.6. The first-order chi connectivity index (χ1) is 8.80. The monoisotopic (exact) mass is 264 g/mol. The Morgan fingerprint density at radius 1 is 1.61 bits per heavy atom. The maximum absolute atomic E-state index is 9.44. The highest BCUT2D eigenvalue weighted by Gasteiger charge is 2.25. The summed E-state index contributed by atoms with van der Waals surface area (Å²) in [6, 6.07) is 2.20. The summed E-state index contributed by atoms with van der Waals surface area (Å²) in [6.45, 7) is 0.939. The fourth-order valence-electron chi connectivity index (χ4n) is 2.22. The number of hydrogen-bond donors (Lipinski definition) is 1. The van der Waals surface area contributed by atoms with Crippen LogP contribution >= 0.6 is 11.8 Å². The summed E-state index contributed by atoms with van der Waals surface area (Å²) < 4.78 is 0. The van der Waals surface area contributed by atoms with Crippen molar-refractivity contribution < 1.29 is 5.11 Å². The molecule has 1 saturated heterocycles. The zero-order valence-corrected chi connectivity index (χ0v) is 11.2. The lowest BCUT2D eigenvalue weighted by Gasteiger charge is -2.35. The van der Waals surface area contributed by atoms with Gasteiger partial charge in [-0.1, -0.05) is 11.8 Å². The highest BCUT2D eigenvalue weighted by atomic mass is 32.2. The molecule has 0 spiro atoms. The quantitative estimate of drug-likeness (QED) is 0.657. The van der Waals surface area contributed by atoms with Crippen molar-refractivity contribution in [3.05, 3.63) is 11.8 Å². The van der Waals surface area contributed by atoms with Crippen molar-refractivity contribution in [2.45, 2.75) is 30.5 Å². The maximum Gasteiger partial charge on any atom is 0.189 e. The van der Waals surface area contributed by atoms with Gasteiger partial charge < -0.3 is 10.0 Å². The van der Waals surface area contributed by atoms with Gasteiger partial charge in [0, 0.05) is 6.54 Å². The smallest absolute Gasteiger partial charge is 0.189 e. The molecule has 1 unspecified atom stereocenters. The van der Waals surface area contributed by atoms with E-state index in [4.69, 9.17) is 5.26 Å². The minimum Gasteiger partial charge on any atom is -0.394 e. The molecule has 1 aromatic heterocycles. The molecule has 2 heterocycles. The van der Waals surface area contributed by atoms with E-state index in [2.05, 4.69) is 16.0 Å². The van der Waals surface area contributed by atoms with Crippen LogP contribution in [-0.2, 0) is 0 Å². The van der Waals surface area contributed by atoms with Crippen molar-refractivity contribution in [3.63, 3.8) is 0 Å². The van der Waals surface area contributed by atoms with Gasteiger partial charge in [0.25, 0.3) is 0 Å². The Labute approximate surface area is 111 Å². The zero-order valence-electron chi connectivity index (χ0n) is 10.3. The van der Waals surface area contributed by atoms with Gasteiger partial charge in [-0.25, -0.2) is 9.97 Å². The van der Waals surface area contributed by atoms with Crippen LogP contribution in [0, 0.1) is 11.3 Å².